The van der Waals surface area contributed by atoms with Crippen LogP contribution in [0.2, 0.25) is 0 Å². The number of aliphatic carboxylic acids is 1. The highest BCUT2D eigenvalue weighted by molar-refractivity contribution is 5.86. The average Bonchev–Trinajstić information content (AvgIpc) is 2.61. The SMILES string of the molecule is CC(C)(C)c1ccc(O[C@@H](Cc2cccc3ccccc23)C(=O)O)cc1. The van der Waals surface area contributed by atoms with Crippen molar-refractivity contribution in [3.63, 3.8) is 0 Å². The van der Waals surface area contributed by atoms with Gasteiger partial charge in [0.2, 0.25) is 0 Å². The van der Waals surface area contributed by atoms with Gasteiger partial charge in [0, 0.05) is 6.42 Å². The van der Waals surface area contributed by atoms with Gasteiger partial charge in [0.05, 0.1) is 0 Å². The van der Waals surface area contributed by atoms with Crippen LogP contribution in [0.15, 0.2) is 66.7 Å². The highest BCUT2D eigenvalue weighted by Crippen LogP contribution is 2.26. The molecule has 0 spiro atoms. The van der Waals surface area contributed by atoms with Crippen molar-refractivity contribution >= 4 is 16.7 Å². The molecule has 0 heterocycles. The van der Waals surface area contributed by atoms with Gasteiger partial charge in [-0.3, -0.25) is 0 Å². The first-order valence-corrected chi connectivity index (χ1v) is 8.81. The Balaban J connectivity index is 1.82. The normalized spacial score (nSPS) is 12.7. The van der Waals surface area contributed by atoms with Crippen LogP contribution in [0.1, 0.15) is 31.9 Å². The van der Waals surface area contributed by atoms with Crippen LogP contribution in [0.4, 0.5) is 0 Å². The van der Waals surface area contributed by atoms with Crippen LogP contribution in [-0.2, 0) is 16.6 Å². The molecule has 3 nitrogen and oxygen atoms in total. The largest absolute Gasteiger partial charge is 0.478 e. The van der Waals surface area contributed by atoms with Gasteiger partial charge >= 0.3 is 5.97 Å². The molecule has 3 heteroatoms. The number of rotatable bonds is 5. The minimum atomic E-state index is -0.960. The third kappa shape index (κ3) is 4.05. The van der Waals surface area contributed by atoms with Gasteiger partial charge in [-0.05, 0) is 39.4 Å². The van der Waals surface area contributed by atoms with E-state index in [4.69, 9.17) is 4.74 Å². The number of carbonyl (C=O) groups is 1. The molecule has 0 radical (unpaired) electrons. The molecule has 0 saturated heterocycles. The first-order valence-electron chi connectivity index (χ1n) is 8.81. The van der Waals surface area contributed by atoms with Crippen molar-refractivity contribution in [3.05, 3.63) is 77.9 Å². The zero-order valence-electron chi connectivity index (χ0n) is 15.4. The molecule has 3 aromatic carbocycles. The molecule has 1 atom stereocenters. The Labute approximate surface area is 154 Å². The fraction of sp³-hybridized carbons (Fsp3) is 0.261. The number of carboxylic acids is 1. The quantitative estimate of drug-likeness (QED) is 0.688. The zero-order chi connectivity index (χ0) is 18.7. The van der Waals surface area contributed by atoms with E-state index in [1.54, 1.807) is 0 Å². The molecule has 0 aliphatic heterocycles. The van der Waals surface area contributed by atoms with E-state index < -0.39 is 12.1 Å². The van der Waals surface area contributed by atoms with E-state index in [0.717, 1.165) is 16.3 Å². The lowest BCUT2D eigenvalue weighted by atomic mass is 9.87. The molecule has 1 N–H and O–H groups in total. The summed E-state index contributed by atoms with van der Waals surface area (Å²) in [4.78, 5) is 11.7. The molecule has 0 amide bonds. The van der Waals surface area contributed by atoms with Gasteiger partial charge in [-0.15, -0.1) is 0 Å². The van der Waals surface area contributed by atoms with Gasteiger partial charge in [0.1, 0.15) is 5.75 Å². The molecule has 0 bridgehead atoms. The number of fused-ring (bicyclic) bond motifs is 1. The number of ether oxygens (including phenoxy) is 1. The lowest BCUT2D eigenvalue weighted by Gasteiger charge is -2.20. The molecule has 134 valence electrons. The van der Waals surface area contributed by atoms with Crippen LogP contribution in [0.3, 0.4) is 0 Å². The Morgan fingerprint density at radius 2 is 1.62 bits per heavy atom. The molecule has 26 heavy (non-hydrogen) atoms. The van der Waals surface area contributed by atoms with E-state index in [9.17, 15) is 9.90 Å². The summed E-state index contributed by atoms with van der Waals surface area (Å²) in [6, 6.07) is 21.6. The third-order valence-corrected chi connectivity index (χ3v) is 4.56. The maximum atomic E-state index is 11.7. The Hall–Kier alpha value is -2.81. The van der Waals surface area contributed by atoms with Gasteiger partial charge in [0.15, 0.2) is 6.10 Å². The average molecular weight is 348 g/mol. The van der Waals surface area contributed by atoms with Crippen molar-refractivity contribution in [2.75, 3.05) is 0 Å². The number of hydrogen-bond acceptors (Lipinski definition) is 2. The topological polar surface area (TPSA) is 46.5 Å². The lowest BCUT2D eigenvalue weighted by molar-refractivity contribution is -0.145. The predicted molar refractivity (Wildman–Crippen MR) is 105 cm³/mol. The van der Waals surface area contributed by atoms with E-state index in [1.807, 2.05) is 66.7 Å². The van der Waals surface area contributed by atoms with E-state index in [1.165, 1.54) is 5.56 Å². The van der Waals surface area contributed by atoms with Crippen LogP contribution >= 0.6 is 0 Å². The highest BCUT2D eigenvalue weighted by atomic mass is 16.5. The first-order chi connectivity index (χ1) is 12.3. The van der Waals surface area contributed by atoms with Crippen LogP contribution in [-0.4, -0.2) is 17.2 Å². The van der Waals surface area contributed by atoms with Gasteiger partial charge in [0.25, 0.3) is 0 Å². The fourth-order valence-electron chi connectivity index (χ4n) is 3.05. The fourth-order valence-corrected chi connectivity index (χ4v) is 3.05. The van der Waals surface area contributed by atoms with Crippen molar-refractivity contribution < 1.29 is 14.6 Å². The molecule has 3 rings (SSSR count). The standard InChI is InChI=1S/C23H24O3/c1-23(2,3)18-11-13-19(14-12-18)26-21(22(24)25)15-17-9-6-8-16-7-4-5-10-20(16)17/h4-14,21H,15H2,1-3H3,(H,24,25)/t21-/m0/s1. The summed E-state index contributed by atoms with van der Waals surface area (Å²) in [5, 5.41) is 11.8. The molecule has 0 aromatic heterocycles. The number of carboxylic acid groups (broad SMARTS) is 1. The third-order valence-electron chi connectivity index (χ3n) is 4.56. The zero-order valence-corrected chi connectivity index (χ0v) is 15.4. The van der Waals surface area contributed by atoms with E-state index in [-0.39, 0.29) is 5.41 Å². The van der Waals surface area contributed by atoms with Crippen molar-refractivity contribution in [1.29, 1.82) is 0 Å². The Bertz CT molecular complexity index is 899. The maximum absolute atomic E-state index is 11.7. The second-order valence-corrected chi connectivity index (χ2v) is 7.56. The van der Waals surface area contributed by atoms with Crippen molar-refractivity contribution in [2.24, 2.45) is 0 Å². The first kappa shape index (κ1) is 18.0. The van der Waals surface area contributed by atoms with Crippen LogP contribution in [0.5, 0.6) is 5.75 Å². The molecular weight excluding hydrogens is 324 g/mol. The smallest absolute Gasteiger partial charge is 0.345 e. The highest BCUT2D eigenvalue weighted by Gasteiger charge is 2.21. The molecule has 0 saturated carbocycles. The van der Waals surface area contributed by atoms with Crippen molar-refractivity contribution in [3.8, 4) is 5.75 Å². The van der Waals surface area contributed by atoms with Gasteiger partial charge in [-0.25, -0.2) is 4.79 Å². The Morgan fingerprint density at radius 3 is 2.27 bits per heavy atom. The monoisotopic (exact) mass is 348 g/mol. The summed E-state index contributed by atoms with van der Waals surface area (Å²) >= 11 is 0. The van der Waals surface area contributed by atoms with Crippen molar-refractivity contribution in [1.82, 2.24) is 0 Å². The molecule has 0 fully saturated rings. The van der Waals surface area contributed by atoms with E-state index in [2.05, 4.69) is 20.8 Å². The van der Waals surface area contributed by atoms with Gasteiger partial charge in [-0.2, -0.15) is 0 Å². The summed E-state index contributed by atoms with van der Waals surface area (Å²) < 4.78 is 5.80. The van der Waals surface area contributed by atoms with Gasteiger partial charge in [-0.1, -0.05) is 75.4 Å². The minimum absolute atomic E-state index is 0.0493. The second kappa shape index (κ2) is 7.20. The molecule has 0 aliphatic rings. The van der Waals surface area contributed by atoms with Crippen LogP contribution in [0, 0.1) is 0 Å². The summed E-state index contributed by atoms with van der Waals surface area (Å²) in [7, 11) is 0. The Morgan fingerprint density at radius 1 is 0.962 bits per heavy atom. The summed E-state index contributed by atoms with van der Waals surface area (Å²) in [6.45, 7) is 6.43. The molecule has 0 aliphatic carbocycles. The summed E-state index contributed by atoms with van der Waals surface area (Å²) in [5.74, 6) is -0.386. The number of hydrogen-bond donors (Lipinski definition) is 1. The van der Waals surface area contributed by atoms with E-state index >= 15 is 0 Å². The molecular formula is C23H24O3. The van der Waals surface area contributed by atoms with E-state index in [0.29, 0.717) is 12.2 Å². The Kier molecular flexibility index (Phi) is 4.99. The summed E-state index contributed by atoms with van der Waals surface area (Å²) in [6.07, 6.45) is -0.612. The van der Waals surface area contributed by atoms with Crippen LogP contribution < -0.4 is 4.74 Å². The van der Waals surface area contributed by atoms with Gasteiger partial charge < -0.3 is 9.84 Å². The summed E-state index contributed by atoms with van der Waals surface area (Å²) in [5.41, 5.74) is 2.21. The van der Waals surface area contributed by atoms with Crippen LogP contribution in [0.25, 0.3) is 10.8 Å². The minimum Gasteiger partial charge on any atom is -0.478 e. The maximum Gasteiger partial charge on any atom is 0.345 e. The second-order valence-electron chi connectivity index (χ2n) is 7.56. The molecule has 3 aromatic rings. The predicted octanol–water partition coefficient (Wildman–Crippen LogP) is 5.21. The van der Waals surface area contributed by atoms with Crippen molar-refractivity contribution in [2.45, 2.75) is 38.7 Å². The molecule has 0 unspecified atom stereocenters. The number of benzene rings is 3. The lowest BCUT2D eigenvalue weighted by Crippen LogP contribution is -2.29.